The molecule has 0 aliphatic rings. The topological polar surface area (TPSA) is 58.6 Å². The second-order valence-electron chi connectivity index (χ2n) is 4.42. The first kappa shape index (κ1) is 14.1. The van der Waals surface area contributed by atoms with Crippen LogP contribution in [0, 0.1) is 0 Å². The molecule has 0 radical (unpaired) electrons. The van der Waals surface area contributed by atoms with E-state index < -0.39 is 6.10 Å². The molecule has 1 atom stereocenters. The van der Waals surface area contributed by atoms with E-state index in [1.807, 2.05) is 12.1 Å². The molecule has 0 fully saturated rings. The minimum absolute atomic E-state index is 0.268. The lowest BCUT2D eigenvalue weighted by atomic mass is 10.1. The van der Waals surface area contributed by atoms with Crippen molar-refractivity contribution in [1.29, 1.82) is 0 Å². The van der Waals surface area contributed by atoms with Gasteiger partial charge < -0.3 is 15.2 Å². The number of hydrogen-bond donors (Lipinski definition) is 2. The van der Waals surface area contributed by atoms with Crippen LogP contribution < -0.4 is 10.1 Å². The number of anilines is 1. The predicted molar refractivity (Wildman–Crippen MR) is 78.0 cm³/mol. The van der Waals surface area contributed by atoms with Crippen LogP contribution in [0.3, 0.4) is 0 Å². The van der Waals surface area contributed by atoms with E-state index in [0.717, 1.165) is 0 Å². The van der Waals surface area contributed by atoms with Gasteiger partial charge in [-0.25, -0.2) is 0 Å². The van der Waals surface area contributed by atoms with Gasteiger partial charge in [0.1, 0.15) is 5.75 Å². The standard InChI is InChI=1S/C16H17NO3/c1-11(18)12-7-3-5-9-14(12)17-16(19)13-8-4-6-10-15(13)20-2/h3-11,18H,1-2H3,(H,17,19). The fraction of sp³-hybridized carbons (Fsp3) is 0.188. The molecule has 104 valence electrons. The molecule has 0 bridgehead atoms. The third-order valence-electron chi connectivity index (χ3n) is 3.01. The van der Waals surface area contributed by atoms with Crippen molar-refractivity contribution in [3.63, 3.8) is 0 Å². The van der Waals surface area contributed by atoms with Crippen molar-refractivity contribution in [2.45, 2.75) is 13.0 Å². The zero-order valence-electron chi connectivity index (χ0n) is 11.5. The van der Waals surface area contributed by atoms with Gasteiger partial charge in [0.15, 0.2) is 0 Å². The van der Waals surface area contributed by atoms with Crippen LogP contribution >= 0.6 is 0 Å². The van der Waals surface area contributed by atoms with Crippen molar-refractivity contribution in [3.05, 3.63) is 59.7 Å². The van der Waals surface area contributed by atoms with Crippen molar-refractivity contribution in [2.75, 3.05) is 12.4 Å². The average molecular weight is 271 g/mol. The fourth-order valence-electron chi connectivity index (χ4n) is 2.00. The van der Waals surface area contributed by atoms with E-state index in [0.29, 0.717) is 22.6 Å². The molecular weight excluding hydrogens is 254 g/mol. The molecule has 0 spiro atoms. The number of methoxy groups -OCH3 is 1. The van der Waals surface area contributed by atoms with E-state index in [2.05, 4.69) is 5.32 Å². The molecule has 0 aliphatic carbocycles. The number of rotatable bonds is 4. The summed E-state index contributed by atoms with van der Waals surface area (Å²) in [5.74, 6) is 0.245. The zero-order chi connectivity index (χ0) is 14.5. The van der Waals surface area contributed by atoms with Crippen molar-refractivity contribution < 1.29 is 14.6 Å². The summed E-state index contributed by atoms with van der Waals surface area (Å²) in [7, 11) is 1.52. The number of para-hydroxylation sites is 2. The number of ether oxygens (including phenoxy) is 1. The highest BCUT2D eigenvalue weighted by Gasteiger charge is 2.14. The predicted octanol–water partition coefficient (Wildman–Crippen LogP) is 3.00. The molecule has 2 rings (SSSR count). The molecule has 2 aromatic carbocycles. The molecule has 20 heavy (non-hydrogen) atoms. The molecule has 2 N–H and O–H groups in total. The second-order valence-corrected chi connectivity index (χ2v) is 4.42. The number of carbonyl (C=O) groups is 1. The van der Waals surface area contributed by atoms with Crippen LogP contribution in [-0.2, 0) is 0 Å². The number of hydrogen-bond acceptors (Lipinski definition) is 3. The lowest BCUT2D eigenvalue weighted by Crippen LogP contribution is -2.14. The summed E-state index contributed by atoms with van der Waals surface area (Å²) in [6, 6.07) is 14.2. The number of carbonyl (C=O) groups excluding carboxylic acids is 1. The maximum absolute atomic E-state index is 12.3. The van der Waals surface area contributed by atoms with E-state index in [1.54, 1.807) is 43.3 Å². The van der Waals surface area contributed by atoms with Crippen LogP contribution in [0.4, 0.5) is 5.69 Å². The Kier molecular flexibility index (Phi) is 4.38. The third kappa shape index (κ3) is 2.97. The molecule has 4 nitrogen and oxygen atoms in total. The summed E-state index contributed by atoms with van der Waals surface area (Å²) in [6.07, 6.45) is -0.649. The monoisotopic (exact) mass is 271 g/mol. The molecule has 0 aliphatic heterocycles. The molecule has 4 heteroatoms. The first-order chi connectivity index (χ1) is 9.63. The molecule has 0 saturated carbocycles. The number of amides is 1. The normalized spacial score (nSPS) is 11.8. The highest BCUT2D eigenvalue weighted by Crippen LogP contribution is 2.24. The Morgan fingerprint density at radius 2 is 1.80 bits per heavy atom. The van der Waals surface area contributed by atoms with E-state index in [-0.39, 0.29) is 5.91 Å². The van der Waals surface area contributed by atoms with Gasteiger partial charge in [-0.2, -0.15) is 0 Å². The van der Waals surface area contributed by atoms with Crippen molar-refractivity contribution in [3.8, 4) is 5.75 Å². The van der Waals surface area contributed by atoms with E-state index >= 15 is 0 Å². The molecule has 2 aromatic rings. The lowest BCUT2D eigenvalue weighted by molar-refractivity contribution is 0.102. The number of nitrogens with one attached hydrogen (secondary N) is 1. The average Bonchev–Trinajstić information content (AvgIpc) is 2.47. The SMILES string of the molecule is COc1ccccc1C(=O)Nc1ccccc1C(C)O. The summed E-state index contributed by atoms with van der Waals surface area (Å²) in [5, 5.41) is 12.5. The van der Waals surface area contributed by atoms with Gasteiger partial charge >= 0.3 is 0 Å². The van der Waals surface area contributed by atoms with Gasteiger partial charge in [-0.05, 0) is 25.1 Å². The Balaban J connectivity index is 2.28. The van der Waals surface area contributed by atoms with Crippen LogP contribution in [0.2, 0.25) is 0 Å². The molecule has 1 unspecified atom stereocenters. The molecular formula is C16H17NO3. The quantitative estimate of drug-likeness (QED) is 0.898. The Bertz CT molecular complexity index is 608. The Hall–Kier alpha value is -2.33. The maximum Gasteiger partial charge on any atom is 0.259 e. The zero-order valence-corrected chi connectivity index (χ0v) is 11.5. The van der Waals surface area contributed by atoms with Crippen molar-refractivity contribution in [1.82, 2.24) is 0 Å². The van der Waals surface area contributed by atoms with Gasteiger partial charge in [-0.15, -0.1) is 0 Å². The minimum atomic E-state index is -0.649. The van der Waals surface area contributed by atoms with Crippen LogP contribution in [0.5, 0.6) is 5.75 Å². The summed E-state index contributed by atoms with van der Waals surface area (Å²) in [6.45, 7) is 1.66. The number of aliphatic hydroxyl groups excluding tert-OH is 1. The van der Waals surface area contributed by atoms with E-state index in [9.17, 15) is 9.90 Å². The summed E-state index contributed by atoms with van der Waals surface area (Å²) in [4.78, 5) is 12.3. The van der Waals surface area contributed by atoms with Gasteiger partial charge in [0.05, 0.1) is 18.8 Å². The van der Waals surface area contributed by atoms with Gasteiger partial charge in [0.25, 0.3) is 5.91 Å². The van der Waals surface area contributed by atoms with Gasteiger partial charge in [-0.3, -0.25) is 4.79 Å². The Morgan fingerprint density at radius 3 is 2.50 bits per heavy atom. The van der Waals surface area contributed by atoms with E-state index in [1.165, 1.54) is 7.11 Å². The smallest absolute Gasteiger partial charge is 0.259 e. The van der Waals surface area contributed by atoms with Crippen LogP contribution in [0.15, 0.2) is 48.5 Å². The molecule has 0 saturated heterocycles. The highest BCUT2D eigenvalue weighted by atomic mass is 16.5. The van der Waals surface area contributed by atoms with Crippen molar-refractivity contribution in [2.24, 2.45) is 0 Å². The largest absolute Gasteiger partial charge is 0.496 e. The summed E-state index contributed by atoms with van der Waals surface area (Å²) < 4.78 is 5.17. The molecule has 1 amide bonds. The van der Waals surface area contributed by atoms with Gasteiger partial charge in [-0.1, -0.05) is 30.3 Å². The van der Waals surface area contributed by atoms with Crippen molar-refractivity contribution >= 4 is 11.6 Å². The summed E-state index contributed by atoms with van der Waals surface area (Å²) >= 11 is 0. The summed E-state index contributed by atoms with van der Waals surface area (Å²) in [5.41, 5.74) is 1.73. The van der Waals surface area contributed by atoms with Gasteiger partial charge in [0, 0.05) is 11.3 Å². The van der Waals surface area contributed by atoms with Crippen LogP contribution in [0.25, 0.3) is 0 Å². The van der Waals surface area contributed by atoms with Crippen LogP contribution in [-0.4, -0.2) is 18.1 Å². The Morgan fingerprint density at radius 1 is 1.15 bits per heavy atom. The first-order valence-corrected chi connectivity index (χ1v) is 6.35. The van der Waals surface area contributed by atoms with Gasteiger partial charge in [0.2, 0.25) is 0 Å². The number of benzene rings is 2. The molecule has 0 heterocycles. The number of aliphatic hydroxyl groups is 1. The minimum Gasteiger partial charge on any atom is -0.496 e. The first-order valence-electron chi connectivity index (χ1n) is 6.35. The fourth-order valence-corrected chi connectivity index (χ4v) is 2.00. The molecule has 0 aromatic heterocycles. The second kappa shape index (κ2) is 6.21. The highest BCUT2D eigenvalue weighted by molar-refractivity contribution is 6.06. The lowest BCUT2D eigenvalue weighted by Gasteiger charge is -2.14. The third-order valence-corrected chi connectivity index (χ3v) is 3.01. The maximum atomic E-state index is 12.3. The Labute approximate surface area is 118 Å². The van der Waals surface area contributed by atoms with Crippen LogP contribution in [0.1, 0.15) is 28.9 Å². The van der Waals surface area contributed by atoms with E-state index in [4.69, 9.17) is 4.74 Å².